The van der Waals surface area contributed by atoms with Crippen LogP contribution in [0.2, 0.25) is 0 Å². The first-order valence-corrected chi connectivity index (χ1v) is 7.25. The Bertz CT molecular complexity index is 459. The zero-order chi connectivity index (χ0) is 14.0. The van der Waals surface area contributed by atoms with Gasteiger partial charge in [0, 0.05) is 6.42 Å². The predicted molar refractivity (Wildman–Crippen MR) is 79.2 cm³/mol. The molecule has 2 unspecified atom stereocenters. The van der Waals surface area contributed by atoms with Crippen LogP contribution in [0.1, 0.15) is 57.1 Å². The van der Waals surface area contributed by atoms with E-state index in [0.29, 0.717) is 12.3 Å². The van der Waals surface area contributed by atoms with Crippen molar-refractivity contribution in [3.63, 3.8) is 0 Å². The number of Topliss-reactive ketones (excluding diaryl/α,β-unsaturated/α-hetero) is 1. The average Bonchev–Trinajstić information content (AvgIpc) is 2.37. The fourth-order valence-electron chi connectivity index (χ4n) is 2.92. The lowest BCUT2D eigenvalue weighted by atomic mass is 9.76. The van der Waals surface area contributed by atoms with Crippen LogP contribution in [0.15, 0.2) is 24.3 Å². The Morgan fingerprint density at radius 2 is 2.05 bits per heavy atom. The number of rotatable bonds is 3. The Labute approximate surface area is 116 Å². The van der Waals surface area contributed by atoms with Gasteiger partial charge in [0.05, 0.1) is 6.04 Å². The highest BCUT2D eigenvalue weighted by atomic mass is 16.1. The minimum absolute atomic E-state index is 0.148. The predicted octanol–water partition coefficient (Wildman–Crippen LogP) is 3.44. The van der Waals surface area contributed by atoms with E-state index in [1.165, 1.54) is 17.5 Å². The molecule has 0 aliphatic heterocycles. The number of fused-ring (bicyclic) bond motifs is 1. The van der Waals surface area contributed by atoms with Crippen LogP contribution in [-0.2, 0) is 11.2 Å². The zero-order valence-electron chi connectivity index (χ0n) is 12.3. The van der Waals surface area contributed by atoms with E-state index in [1.807, 2.05) is 20.8 Å². The van der Waals surface area contributed by atoms with Gasteiger partial charge >= 0.3 is 0 Å². The third-order valence-corrected chi connectivity index (χ3v) is 4.22. The monoisotopic (exact) mass is 259 g/mol. The molecular formula is C17H25NO. The van der Waals surface area contributed by atoms with E-state index in [0.717, 1.165) is 12.8 Å². The molecule has 1 aromatic carbocycles. The molecule has 0 heterocycles. The standard InChI is InChI=1S/C17H25NO/c1-17(2,3)16(18)15(19)11-13-9-6-8-12-7-4-5-10-14(12)13/h4-5,7,10,13,16H,6,8-9,11,18H2,1-3H3. The van der Waals surface area contributed by atoms with Crippen molar-refractivity contribution in [1.29, 1.82) is 0 Å². The summed E-state index contributed by atoms with van der Waals surface area (Å²) in [5, 5.41) is 0. The summed E-state index contributed by atoms with van der Waals surface area (Å²) in [5.74, 6) is 0.569. The van der Waals surface area contributed by atoms with Crippen LogP contribution in [0, 0.1) is 5.41 Å². The molecule has 2 heteroatoms. The Morgan fingerprint density at radius 1 is 1.37 bits per heavy atom. The average molecular weight is 259 g/mol. The minimum atomic E-state index is -0.360. The number of hydrogen-bond donors (Lipinski definition) is 1. The van der Waals surface area contributed by atoms with Crippen LogP contribution in [0.4, 0.5) is 0 Å². The third kappa shape index (κ3) is 3.24. The van der Waals surface area contributed by atoms with Gasteiger partial charge in [0.1, 0.15) is 0 Å². The van der Waals surface area contributed by atoms with Crippen LogP contribution >= 0.6 is 0 Å². The quantitative estimate of drug-likeness (QED) is 0.903. The van der Waals surface area contributed by atoms with E-state index >= 15 is 0 Å². The lowest BCUT2D eigenvalue weighted by Gasteiger charge is -2.29. The Balaban J connectivity index is 2.11. The minimum Gasteiger partial charge on any atom is -0.321 e. The van der Waals surface area contributed by atoms with Gasteiger partial charge in [0.25, 0.3) is 0 Å². The molecule has 0 aromatic heterocycles. The number of ketones is 1. The molecule has 2 nitrogen and oxygen atoms in total. The molecule has 0 fully saturated rings. The van der Waals surface area contributed by atoms with E-state index in [2.05, 4.69) is 24.3 Å². The Hall–Kier alpha value is -1.15. The number of benzene rings is 1. The highest BCUT2D eigenvalue weighted by Gasteiger charge is 2.30. The molecule has 104 valence electrons. The maximum atomic E-state index is 12.3. The second kappa shape index (κ2) is 5.46. The van der Waals surface area contributed by atoms with Gasteiger partial charge in [0.15, 0.2) is 5.78 Å². The zero-order valence-corrected chi connectivity index (χ0v) is 12.3. The SMILES string of the molecule is CC(C)(C)C(N)C(=O)CC1CCCc2ccccc21. The van der Waals surface area contributed by atoms with Crippen LogP contribution in [0.3, 0.4) is 0 Å². The smallest absolute Gasteiger partial charge is 0.150 e. The summed E-state index contributed by atoms with van der Waals surface area (Å²) in [6.45, 7) is 6.10. The van der Waals surface area contributed by atoms with Crippen molar-refractivity contribution in [3.8, 4) is 0 Å². The number of carbonyl (C=O) groups is 1. The van der Waals surface area contributed by atoms with Crippen molar-refractivity contribution < 1.29 is 4.79 Å². The summed E-state index contributed by atoms with van der Waals surface area (Å²) in [5.41, 5.74) is 8.71. The number of aryl methyl sites for hydroxylation is 1. The second-order valence-corrected chi connectivity index (χ2v) is 6.80. The van der Waals surface area contributed by atoms with Gasteiger partial charge in [-0.25, -0.2) is 0 Å². The molecule has 0 bridgehead atoms. The first-order chi connectivity index (χ1) is 8.89. The topological polar surface area (TPSA) is 43.1 Å². The van der Waals surface area contributed by atoms with E-state index in [-0.39, 0.29) is 17.2 Å². The molecule has 0 saturated heterocycles. The summed E-state index contributed by atoms with van der Waals surface area (Å²) < 4.78 is 0. The van der Waals surface area contributed by atoms with Crippen molar-refractivity contribution in [2.24, 2.45) is 11.1 Å². The van der Waals surface area contributed by atoms with Crippen LogP contribution in [0.25, 0.3) is 0 Å². The maximum Gasteiger partial charge on any atom is 0.150 e. The fraction of sp³-hybridized carbons (Fsp3) is 0.588. The number of nitrogens with two attached hydrogens (primary N) is 1. The first kappa shape index (κ1) is 14.3. The lowest BCUT2D eigenvalue weighted by Crippen LogP contribution is -2.42. The highest BCUT2D eigenvalue weighted by molar-refractivity contribution is 5.85. The highest BCUT2D eigenvalue weighted by Crippen LogP contribution is 2.35. The third-order valence-electron chi connectivity index (χ3n) is 4.22. The summed E-state index contributed by atoms with van der Waals surface area (Å²) in [6.07, 6.45) is 4.03. The molecule has 2 rings (SSSR count). The molecule has 0 amide bonds. The van der Waals surface area contributed by atoms with Crippen molar-refractivity contribution in [1.82, 2.24) is 0 Å². The van der Waals surface area contributed by atoms with E-state index < -0.39 is 0 Å². The van der Waals surface area contributed by atoms with E-state index in [4.69, 9.17) is 5.73 Å². The van der Waals surface area contributed by atoms with Crippen molar-refractivity contribution in [2.75, 3.05) is 0 Å². The van der Waals surface area contributed by atoms with Crippen molar-refractivity contribution >= 4 is 5.78 Å². The normalized spacial score (nSPS) is 20.7. The summed E-state index contributed by atoms with van der Waals surface area (Å²) >= 11 is 0. The molecular weight excluding hydrogens is 234 g/mol. The molecule has 1 aliphatic rings. The fourth-order valence-corrected chi connectivity index (χ4v) is 2.92. The van der Waals surface area contributed by atoms with Crippen molar-refractivity contribution in [2.45, 2.75) is 58.4 Å². The first-order valence-electron chi connectivity index (χ1n) is 7.25. The number of carbonyl (C=O) groups excluding carboxylic acids is 1. The molecule has 0 spiro atoms. The Kier molecular flexibility index (Phi) is 4.10. The summed E-state index contributed by atoms with van der Waals surface area (Å²) in [4.78, 5) is 12.3. The molecule has 2 N–H and O–H groups in total. The van der Waals surface area contributed by atoms with Gasteiger partial charge in [-0.3, -0.25) is 4.79 Å². The molecule has 1 aliphatic carbocycles. The van der Waals surface area contributed by atoms with Gasteiger partial charge in [-0.2, -0.15) is 0 Å². The summed E-state index contributed by atoms with van der Waals surface area (Å²) in [7, 11) is 0. The van der Waals surface area contributed by atoms with Gasteiger partial charge in [0.2, 0.25) is 0 Å². The Morgan fingerprint density at radius 3 is 2.74 bits per heavy atom. The van der Waals surface area contributed by atoms with E-state index in [9.17, 15) is 4.79 Å². The molecule has 0 radical (unpaired) electrons. The lowest BCUT2D eigenvalue weighted by molar-refractivity contribution is -0.122. The van der Waals surface area contributed by atoms with Crippen LogP contribution in [-0.4, -0.2) is 11.8 Å². The van der Waals surface area contributed by atoms with Gasteiger partial charge in [-0.1, -0.05) is 45.0 Å². The largest absolute Gasteiger partial charge is 0.321 e. The maximum absolute atomic E-state index is 12.3. The van der Waals surface area contributed by atoms with Crippen LogP contribution < -0.4 is 5.73 Å². The van der Waals surface area contributed by atoms with E-state index in [1.54, 1.807) is 0 Å². The molecule has 0 saturated carbocycles. The van der Waals surface area contributed by atoms with Gasteiger partial charge < -0.3 is 5.73 Å². The van der Waals surface area contributed by atoms with Crippen molar-refractivity contribution in [3.05, 3.63) is 35.4 Å². The number of hydrogen-bond acceptors (Lipinski definition) is 2. The van der Waals surface area contributed by atoms with Gasteiger partial charge in [-0.15, -0.1) is 0 Å². The molecule has 1 aromatic rings. The summed E-state index contributed by atoms with van der Waals surface area (Å²) in [6, 6.07) is 8.17. The second-order valence-electron chi connectivity index (χ2n) is 6.80. The molecule has 2 atom stereocenters. The van der Waals surface area contributed by atoms with Gasteiger partial charge in [-0.05, 0) is 41.7 Å². The van der Waals surface area contributed by atoms with Crippen LogP contribution in [0.5, 0.6) is 0 Å². The molecule has 19 heavy (non-hydrogen) atoms.